The van der Waals surface area contributed by atoms with Gasteiger partial charge < -0.3 is 0 Å². The summed E-state index contributed by atoms with van der Waals surface area (Å²) in [6.45, 7) is 8.45. The number of rotatable bonds is 6. The molecule has 0 N–H and O–H groups in total. The Morgan fingerprint density at radius 1 is 1.50 bits per heavy atom. The Hall–Kier alpha value is -0.170. The molecule has 0 heterocycles. The van der Waals surface area contributed by atoms with Gasteiger partial charge in [0.05, 0.1) is 6.42 Å². The third-order valence-electron chi connectivity index (χ3n) is 2.21. The van der Waals surface area contributed by atoms with Crippen LogP contribution in [0.2, 0.25) is 0 Å². The molecule has 1 atom stereocenters. The molecule has 84 valence electrons. The Kier molecular flexibility index (Phi) is 6.26. The molecule has 1 unspecified atom stereocenters. The highest BCUT2D eigenvalue weighted by Gasteiger charge is 2.28. The van der Waals surface area contributed by atoms with Crippen molar-refractivity contribution in [2.45, 2.75) is 33.1 Å². The lowest BCUT2D eigenvalue weighted by Crippen LogP contribution is -2.24. The average Bonchev–Trinajstić information content (AvgIpc) is 2.02. The largest absolute Gasteiger partial charge is 0.349 e. The van der Waals surface area contributed by atoms with Gasteiger partial charge in [-0.1, -0.05) is 20.3 Å². The van der Waals surface area contributed by atoms with Crippen molar-refractivity contribution in [1.82, 2.24) is 0 Å². The Bertz CT molecular complexity index is 185. The molecule has 0 aromatic heterocycles. The Labute approximate surface area is 86.9 Å². The smallest absolute Gasteiger partial charge is 0.255 e. The SMILES string of the molecule is CCCC(C)(CC(=O)OF)CP(C)C. The summed E-state index contributed by atoms with van der Waals surface area (Å²) in [7, 11) is -0.0658. The number of halogens is 1. The van der Waals surface area contributed by atoms with Gasteiger partial charge in [0.1, 0.15) is 0 Å². The van der Waals surface area contributed by atoms with Gasteiger partial charge in [0, 0.05) is 4.53 Å². The summed E-state index contributed by atoms with van der Waals surface area (Å²) < 4.78 is 11.7. The van der Waals surface area contributed by atoms with Crippen molar-refractivity contribution in [2.24, 2.45) is 5.41 Å². The molecule has 0 rings (SSSR count). The predicted molar refractivity (Wildman–Crippen MR) is 58.5 cm³/mol. The summed E-state index contributed by atoms with van der Waals surface area (Å²) in [5.41, 5.74) is -0.0902. The van der Waals surface area contributed by atoms with Crippen LogP contribution >= 0.6 is 7.92 Å². The molecule has 0 saturated heterocycles. The van der Waals surface area contributed by atoms with Crippen molar-refractivity contribution in [3.63, 3.8) is 0 Å². The minimum atomic E-state index is -0.738. The fourth-order valence-corrected chi connectivity index (χ4v) is 3.76. The molecule has 0 spiro atoms. The summed E-state index contributed by atoms with van der Waals surface area (Å²) in [5.74, 6) is -0.738. The molecule has 0 radical (unpaired) electrons. The third-order valence-corrected chi connectivity index (χ3v) is 3.60. The monoisotopic (exact) mass is 222 g/mol. The van der Waals surface area contributed by atoms with E-state index in [2.05, 4.69) is 25.2 Å². The number of hydrogen-bond donors (Lipinski definition) is 0. The normalized spacial score (nSPS) is 15.3. The first-order valence-corrected chi connectivity index (χ1v) is 7.32. The van der Waals surface area contributed by atoms with Crippen molar-refractivity contribution in [2.75, 3.05) is 19.5 Å². The Balaban J connectivity index is 4.29. The fraction of sp³-hybridized carbons (Fsp3) is 0.900. The van der Waals surface area contributed by atoms with E-state index < -0.39 is 5.97 Å². The lowest BCUT2D eigenvalue weighted by Gasteiger charge is -2.29. The van der Waals surface area contributed by atoms with Crippen molar-refractivity contribution in [1.29, 1.82) is 0 Å². The van der Waals surface area contributed by atoms with Crippen molar-refractivity contribution < 1.29 is 14.3 Å². The zero-order valence-corrected chi connectivity index (χ0v) is 10.4. The van der Waals surface area contributed by atoms with Gasteiger partial charge >= 0.3 is 5.97 Å². The van der Waals surface area contributed by atoms with E-state index >= 15 is 0 Å². The summed E-state index contributed by atoms with van der Waals surface area (Å²) >= 11 is 0. The number of hydrogen-bond acceptors (Lipinski definition) is 2. The van der Waals surface area contributed by atoms with Crippen LogP contribution in [0.4, 0.5) is 4.53 Å². The highest BCUT2D eigenvalue weighted by Crippen LogP contribution is 2.40. The van der Waals surface area contributed by atoms with Crippen LogP contribution in [0.25, 0.3) is 0 Å². The summed E-state index contributed by atoms with van der Waals surface area (Å²) in [4.78, 5) is 14.1. The van der Waals surface area contributed by atoms with Gasteiger partial charge in [0.25, 0.3) is 0 Å². The molecule has 4 heteroatoms. The van der Waals surface area contributed by atoms with Gasteiger partial charge in [0.15, 0.2) is 0 Å². The van der Waals surface area contributed by atoms with Gasteiger partial charge in [0.2, 0.25) is 0 Å². The van der Waals surface area contributed by atoms with Crippen molar-refractivity contribution in [3.8, 4) is 0 Å². The lowest BCUT2D eigenvalue weighted by atomic mass is 9.84. The third kappa shape index (κ3) is 5.54. The predicted octanol–water partition coefficient (Wildman–Crippen LogP) is 3.35. The topological polar surface area (TPSA) is 26.3 Å². The van der Waals surface area contributed by atoms with Crippen LogP contribution in [0.3, 0.4) is 0 Å². The second kappa shape index (κ2) is 6.34. The molecule has 0 saturated carbocycles. The van der Waals surface area contributed by atoms with Crippen LogP contribution in [0.5, 0.6) is 0 Å². The van der Waals surface area contributed by atoms with E-state index in [-0.39, 0.29) is 19.8 Å². The highest BCUT2D eigenvalue weighted by molar-refractivity contribution is 7.56. The minimum Gasteiger partial charge on any atom is -0.255 e. The Morgan fingerprint density at radius 3 is 2.43 bits per heavy atom. The van der Waals surface area contributed by atoms with Crippen LogP contribution in [0.15, 0.2) is 0 Å². The van der Waals surface area contributed by atoms with Gasteiger partial charge in [-0.3, -0.25) is 4.94 Å². The maximum atomic E-state index is 11.7. The van der Waals surface area contributed by atoms with Crippen LogP contribution in [0, 0.1) is 5.41 Å². The average molecular weight is 222 g/mol. The zero-order chi connectivity index (χ0) is 11.2. The number of carbonyl (C=O) groups is 1. The van der Waals surface area contributed by atoms with Crippen LogP contribution < -0.4 is 0 Å². The molecule has 2 nitrogen and oxygen atoms in total. The molecule has 0 aromatic carbocycles. The molecule has 0 bridgehead atoms. The Morgan fingerprint density at radius 2 is 2.07 bits per heavy atom. The van der Waals surface area contributed by atoms with E-state index in [1.54, 1.807) is 0 Å². The molecule has 14 heavy (non-hydrogen) atoms. The zero-order valence-electron chi connectivity index (χ0n) is 9.47. The highest BCUT2D eigenvalue weighted by atomic mass is 31.1. The van der Waals surface area contributed by atoms with E-state index in [1.807, 2.05) is 6.92 Å². The van der Waals surface area contributed by atoms with Crippen molar-refractivity contribution >= 4 is 13.9 Å². The lowest BCUT2D eigenvalue weighted by molar-refractivity contribution is -0.186. The standard InChI is InChI=1S/C10H20FO2P/c1-5-6-10(2,8-14(3)4)7-9(12)13-11/h5-8H2,1-4H3. The first kappa shape index (κ1) is 13.8. The summed E-state index contributed by atoms with van der Waals surface area (Å²) in [5, 5.41) is 0. The molecule has 0 fully saturated rings. The van der Waals surface area contributed by atoms with Gasteiger partial charge in [-0.25, -0.2) is 4.79 Å². The van der Waals surface area contributed by atoms with E-state index in [9.17, 15) is 9.32 Å². The van der Waals surface area contributed by atoms with Crippen LogP contribution in [-0.2, 0) is 9.74 Å². The van der Waals surface area contributed by atoms with Crippen molar-refractivity contribution in [3.05, 3.63) is 0 Å². The fourth-order valence-electron chi connectivity index (χ4n) is 1.97. The molecule has 0 amide bonds. The first-order chi connectivity index (χ1) is 6.43. The molecular formula is C10H20FO2P. The quantitative estimate of drug-likeness (QED) is 0.644. The first-order valence-electron chi connectivity index (χ1n) is 4.89. The van der Waals surface area contributed by atoms with Crippen LogP contribution in [-0.4, -0.2) is 25.5 Å². The second-order valence-electron chi connectivity index (χ2n) is 4.42. The van der Waals surface area contributed by atoms with Gasteiger partial charge in [-0.05, 0) is 31.3 Å². The molecule has 0 aliphatic heterocycles. The molecule has 0 aliphatic rings. The molecular weight excluding hydrogens is 202 g/mol. The molecule has 0 aliphatic carbocycles. The van der Waals surface area contributed by atoms with Gasteiger partial charge in [-0.2, -0.15) is 0 Å². The van der Waals surface area contributed by atoms with E-state index in [4.69, 9.17) is 0 Å². The van der Waals surface area contributed by atoms with Crippen LogP contribution in [0.1, 0.15) is 33.1 Å². The summed E-state index contributed by atoms with van der Waals surface area (Å²) in [6, 6.07) is 0. The maximum Gasteiger partial charge on any atom is 0.349 e. The van der Waals surface area contributed by atoms with E-state index in [0.29, 0.717) is 0 Å². The minimum absolute atomic E-state index is 0.0658. The second-order valence-corrected chi connectivity index (χ2v) is 6.90. The van der Waals surface area contributed by atoms with Gasteiger partial charge in [-0.15, -0.1) is 7.92 Å². The van der Waals surface area contributed by atoms with E-state index in [0.717, 1.165) is 19.0 Å². The maximum absolute atomic E-state index is 11.7. The number of carbonyl (C=O) groups excluding carboxylic acids is 1. The summed E-state index contributed by atoms with van der Waals surface area (Å²) in [6.07, 6.45) is 3.14. The molecule has 0 aromatic rings. The van der Waals surface area contributed by atoms with E-state index in [1.165, 1.54) is 0 Å².